The first-order valence-electron chi connectivity index (χ1n) is 3.51. The molecule has 2 nitrogen and oxygen atoms in total. The Bertz CT molecular complexity index is 137. The summed E-state index contributed by atoms with van der Waals surface area (Å²) in [5.41, 5.74) is 0. The Morgan fingerprint density at radius 3 is 3.00 bits per heavy atom. The molecule has 1 saturated heterocycles. The van der Waals surface area contributed by atoms with E-state index in [9.17, 15) is 0 Å². The van der Waals surface area contributed by atoms with Gasteiger partial charge in [0, 0.05) is 7.11 Å². The molecule has 2 unspecified atom stereocenters. The summed E-state index contributed by atoms with van der Waals surface area (Å²) in [7, 11) is 1.64. The molecule has 0 radical (unpaired) electrons. The molecule has 0 amide bonds. The zero-order chi connectivity index (χ0) is 7.40. The number of rotatable bonds is 1. The quantitative estimate of drug-likeness (QED) is 0.509. The van der Waals surface area contributed by atoms with Crippen LogP contribution in [0.25, 0.3) is 0 Å². The minimum atomic E-state index is -0.0743. The predicted octanol–water partition coefficient (Wildman–Crippen LogP) is 1.16. The number of hydrogen-bond donors (Lipinski definition) is 0. The van der Waals surface area contributed by atoms with Crippen LogP contribution in [0.3, 0.4) is 0 Å². The molecule has 2 atom stereocenters. The second kappa shape index (κ2) is 3.60. The van der Waals surface area contributed by atoms with Crippen LogP contribution in [0.5, 0.6) is 0 Å². The molecule has 56 valence electrons. The van der Waals surface area contributed by atoms with Crippen molar-refractivity contribution in [3.05, 3.63) is 0 Å². The minimum absolute atomic E-state index is 0.0290. The van der Waals surface area contributed by atoms with Gasteiger partial charge in [-0.15, -0.1) is 6.42 Å². The Balaban J connectivity index is 2.33. The van der Waals surface area contributed by atoms with E-state index in [1.807, 2.05) is 0 Å². The molecule has 1 heterocycles. The van der Waals surface area contributed by atoms with Crippen molar-refractivity contribution in [2.45, 2.75) is 31.7 Å². The van der Waals surface area contributed by atoms with Gasteiger partial charge >= 0.3 is 0 Å². The summed E-state index contributed by atoms with van der Waals surface area (Å²) in [6.07, 6.45) is 8.13. The van der Waals surface area contributed by atoms with E-state index in [4.69, 9.17) is 15.9 Å². The third-order valence-electron chi connectivity index (χ3n) is 1.67. The minimum Gasteiger partial charge on any atom is -0.356 e. The summed E-state index contributed by atoms with van der Waals surface area (Å²) >= 11 is 0. The number of methoxy groups -OCH3 is 1. The summed E-state index contributed by atoms with van der Waals surface area (Å²) in [4.78, 5) is 0. The SMILES string of the molecule is C#CC1CCCC(OC)O1. The highest BCUT2D eigenvalue weighted by molar-refractivity contribution is 4.95. The van der Waals surface area contributed by atoms with Gasteiger partial charge in [-0.05, 0) is 19.3 Å². The second-order valence-electron chi connectivity index (χ2n) is 2.39. The highest BCUT2D eigenvalue weighted by Gasteiger charge is 2.19. The van der Waals surface area contributed by atoms with Gasteiger partial charge in [-0.1, -0.05) is 5.92 Å². The van der Waals surface area contributed by atoms with Gasteiger partial charge in [0.05, 0.1) is 0 Å². The number of ether oxygens (including phenoxy) is 2. The molecule has 0 aromatic heterocycles. The average Bonchev–Trinajstić information content (AvgIpc) is 2.05. The van der Waals surface area contributed by atoms with Crippen molar-refractivity contribution in [3.63, 3.8) is 0 Å². The van der Waals surface area contributed by atoms with Crippen molar-refractivity contribution in [1.29, 1.82) is 0 Å². The fraction of sp³-hybridized carbons (Fsp3) is 0.750. The molecule has 0 aromatic rings. The van der Waals surface area contributed by atoms with Crippen LogP contribution in [0.15, 0.2) is 0 Å². The van der Waals surface area contributed by atoms with E-state index in [0.29, 0.717) is 0 Å². The molecule has 2 heteroatoms. The van der Waals surface area contributed by atoms with Crippen LogP contribution >= 0.6 is 0 Å². The monoisotopic (exact) mass is 140 g/mol. The second-order valence-corrected chi connectivity index (χ2v) is 2.39. The van der Waals surface area contributed by atoms with Gasteiger partial charge in [0.1, 0.15) is 6.10 Å². The Hall–Kier alpha value is -0.520. The lowest BCUT2D eigenvalue weighted by Gasteiger charge is -2.25. The first kappa shape index (κ1) is 7.59. The maximum Gasteiger partial charge on any atom is 0.158 e. The van der Waals surface area contributed by atoms with Crippen LogP contribution in [0, 0.1) is 12.3 Å². The predicted molar refractivity (Wildman–Crippen MR) is 38.4 cm³/mol. The van der Waals surface area contributed by atoms with E-state index < -0.39 is 0 Å². The zero-order valence-electron chi connectivity index (χ0n) is 6.17. The Morgan fingerprint density at radius 1 is 1.60 bits per heavy atom. The zero-order valence-corrected chi connectivity index (χ0v) is 6.17. The molecular weight excluding hydrogens is 128 g/mol. The van der Waals surface area contributed by atoms with Crippen LogP contribution < -0.4 is 0 Å². The topological polar surface area (TPSA) is 18.5 Å². The number of terminal acetylenes is 1. The fourth-order valence-corrected chi connectivity index (χ4v) is 1.09. The van der Waals surface area contributed by atoms with Crippen molar-refractivity contribution in [1.82, 2.24) is 0 Å². The summed E-state index contributed by atoms with van der Waals surface area (Å²) in [6, 6.07) is 0. The normalized spacial score (nSPS) is 33.2. The first-order valence-corrected chi connectivity index (χ1v) is 3.51. The van der Waals surface area contributed by atoms with Gasteiger partial charge in [-0.25, -0.2) is 0 Å². The molecule has 0 bridgehead atoms. The van der Waals surface area contributed by atoms with Crippen LogP contribution in [-0.2, 0) is 9.47 Å². The molecule has 1 aliphatic rings. The highest BCUT2D eigenvalue weighted by Crippen LogP contribution is 2.18. The summed E-state index contributed by atoms with van der Waals surface area (Å²) in [6.45, 7) is 0. The maximum atomic E-state index is 5.33. The van der Waals surface area contributed by atoms with Crippen molar-refractivity contribution in [3.8, 4) is 12.3 Å². The summed E-state index contributed by atoms with van der Waals surface area (Å²) in [5.74, 6) is 2.57. The molecular formula is C8H12O2. The molecule has 1 aliphatic heterocycles. The summed E-state index contributed by atoms with van der Waals surface area (Å²) < 4.78 is 10.3. The van der Waals surface area contributed by atoms with E-state index in [1.54, 1.807) is 7.11 Å². The van der Waals surface area contributed by atoms with E-state index in [-0.39, 0.29) is 12.4 Å². The highest BCUT2D eigenvalue weighted by atomic mass is 16.7. The molecule has 0 saturated carbocycles. The fourth-order valence-electron chi connectivity index (χ4n) is 1.09. The summed E-state index contributed by atoms with van der Waals surface area (Å²) in [5, 5.41) is 0. The van der Waals surface area contributed by atoms with Gasteiger partial charge in [-0.3, -0.25) is 0 Å². The van der Waals surface area contributed by atoms with E-state index >= 15 is 0 Å². The maximum absolute atomic E-state index is 5.33. The molecule has 0 N–H and O–H groups in total. The lowest BCUT2D eigenvalue weighted by Crippen LogP contribution is -2.27. The smallest absolute Gasteiger partial charge is 0.158 e. The van der Waals surface area contributed by atoms with Gasteiger partial charge < -0.3 is 9.47 Å². The molecule has 0 aliphatic carbocycles. The van der Waals surface area contributed by atoms with Gasteiger partial charge in [-0.2, -0.15) is 0 Å². The third-order valence-corrected chi connectivity index (χ3v) is 1.67. The van der Waals surface area contributed by atoms with Gasteiger partial charge in [0.2, 0.25) is 0 Å². The van der Waals surface area contributed by atoms with Gasteiger partial charge in [0.25, 0.3) is 0 Å². The van der Waals surface area contributed by atoms with Crippen molar-refractivity contribution < 1.29 is 9.47 Å². The molecule has 0 aromatic carbocycles. The van der Waals surface area contributed by atoms with Crippen LogP contribution in [0.4, 0.5) is 0 Å². The van der Waals surface area contributed by atoms with Gasteiger partial charge in [0.15, 0.2) is 6.29 Å². The van der Waals surface area contributed by atoms with Crippen LogP contribution in [-0.4, -0.2) is 19.5 Å². The lowest BCUT2D eigenvalue weighted by molar-refractivity contribution is -0.164. The molecule has 1 fully saturated rings. The Kier molecular flexibility index (Phi) is 2.73. The number of hydrogen-bond acceptors (Lipinski definition) is 2. The van der Waals surface area contributed by atoms with Crippen molar-refractivity contribution in [2.75, 3.05) is 7.11 Å². The van der Waals surface area contributed by atoms with E-state index in [1.165, 1.54) is 0 Å². The first-order chi connectivity index (χ1) is 4.86. The van der Waals surface area contributed by atoms with Crippen molar-refractivity contribution >= 4 is 0 Å². The van der Waals surface area contributed by atoms with Crippen molar-refractivity contribution in [2.24, 2.45) is 0 Å². The Morgan fingerprint density at radius 2 is 2.40 bits per heavy atom. The molecule has 10 heavy (non-hydrogen) atoms. The Labute approximate surface area is 61.5 Å². The average molecular weight is 140 g/mol. The largest absolute Gasteiger partial charge is 0.356 e. The van der Waals surface area contributed by atoms with Crippen LogP contribution in [0.2, 0.25) is 0 Å². The third kappa shape index (κ3) is 1.73. The van der Waals surface area contributed by atoms with E-state index in [0.717, 1.165) is 19.3 Å². The van der Waals surface area contributed by atoms with E-state index in [2.05, 4.69) is 5.92 Å². The van der Waals surface area contributed by atoms with Crippen LogP contribution in [0.1, 0.15) is 19.3 Å². The standard InChI is InChI=1S/C8H12O2/c1-3-7-5-4-6-8(9-2)10-7/h1,7-8H,4-6H2,2H3. The lowest BCUT2D eigenvalue weighted by atomic mass is 10.1. The molecule has 0 spiro atoms. The molecule has 1 rings (SSSR count).